The predicted octanol–water partition coefficient (Wildman–Crippen LogP) is 10.7. The third-order valence-corrected chi connectivity index (χ3v) is 9.80. The monoisotopic (exact) mass is 600 g/mol. The molecule has 0 atom stereocenters. The Morgan fingerprint density at radius 1 is 0.553 bits per heavy atom. The molecule has 10 aromatic rings. The molecule has 0 aliphatic heterocycles. The first-order valence-electron chi connectivity index (χ1n) is 16.0. The summed E-state index contributed by atoms with van der Waals surface area (Å²) < 4.78 is 8.43. The van der Waals surface area contributed by atoms with Crippen LogP contribution in [0.5, 0.6) is 0 Å². The summed E-state index contributed by atoms with van der Waals surface area (Å²) in [5.41, 5.74) is 11.0. The molecule has 0 saturated heterocycles. The molecule has 220 valence electrons. The van der Waals surface area contributed by atoms with Gasteiger partial charge < -0.3 is 8.82 Å². The van der Waals surface area contributed by atoms with Crippen LogP contribution in [0.4, 0.5) is 5.69 Å². The van der Waals surface area contributed by atoms with Crippen molar-refractivity contribution >= 4 is 72.2 Å². The van der Waals surface area contributed by atoms with Crippen molar-refractivity contribution in [2.45, 2.75) is 6.92 Å². The van der Waals surface area contributed by atoms with Gasteiger partial charge in [0.2, 0.25) is 0 Å². The molecule has 3 aromatic heterocycles. The van der Waals surface area contributed by atoms with Crippen LogP contribution in [0.15, 0.2) is 149 Å². The van der Waals surface area contributed by atoms with Gasteiger partial charge >= 0.3 is 0 Å². The van der Waals surface area contributed by atoms with E-state index in [2.05, 4.69) is 139 Å². The summed E-state index contributed by atoms with van der Waals surface area (Å²) in [6, 6.07) is 49.6. The van der Waals surface area contributed by atoms with Gasteiger partial charge in [-0.05, 0) is 94.0 Å². The van der Waals surface area contributed by atoms with Crippen LogP contribution in [0.3, 0.4) is 0 Å². The Balaban J connectivity index is 1.22. The van der Waals surface area contributed by atoms with Crippen LogP contribution in [-0.2, 0) is 0 Å². The fourth-order valence-electron chi connectivity index (χ4n) is 7.54. The van der Waals surface area contributed by atoms with Gasteiger partial charge in [0.1, 0.15) is 11.2 Å². The number of rotatable bonds is 3. The van der Waals surface area contributed by atoms with Crippen molar-refractivity contribution in [2.75, 3.05) is 0 Å². The van der Waals surface area contributed by atoms with Crippen molar-refractivity contribution < 1.29 is 4.42 Å². The van der Waals surface area contributed by atoms with E-state index >= 15 is 0 Å². The molecule has 3 heterocycles. The van der Waals surface area contributed by atoms with Crippen molar-refractivity contribution in [3.8, 4) is 22.3 Å². The summed E-state index contributed by atoms with van der Waals surface area (Å²) in [6.07, 6.45) is 0. The zero-order chi connectivity index (χ0) is 31.2. The van der Waals surface area contributed by atoms with Crippen molar-refractivity contribution in [2.24, 2.45) is 4.99 Å². The van der Waals surface area contributed by atoms with Crippen LogP contribution < -0.4 is 10.7 Å². The van der Waals surface area contributed by atoms with Crippen LogP contribution in [0, 0.1) is 6.92 Å². The number of nitrogens with zero attached hydrogens (tertiary/aromatic N) is 2. The van der Waals surface area contributed by atoms with Gasteiger partial charge in [-0.15, -0.1) is 0 Å². The summed E-state index contributed by atoms with van der Waals surface area (Å²) in [6.45, 7) is 6.78. The van der Waals surface area contributed by atoms with E-state index in [4.69, 9.17) is 9.41 Å². The molecule has 47 heavy (non-hydrogen) atoms. The molecule has 10 rings (SSSR count). The highest BCUT2D eigenvalue weighted by molar-refractivity contribution is 6.26. The van der Waals surface area contributed by atoms with Crippen LogP contribution in [0.2, 0.25) is 0 Å². The molecule has 0 fully saturated rings. The second-order valence-electron chi connectivity index (χ2n) is 12.5. The van der Waals surface area contributed by atoms with Gasteiger partial charge in [0.15, 0.2) is 0 Å². The van der Waals surface area contributed by atoms with E-state index in [1.807, 2.05) is 18.2 Å². The smallest absolute Gasteiger partial charge is 0.135 e. The maximum Gasteiger partial charge on any atom is 0.135 e. The Morgan fingerprint density at radius 3 is 2.09 bits per heavy atom. The van der Waals surface area contributed by atoms with E-state index < -0.39 is 0 Å². The van der Waals surface area contributed by atoms with Gasteiger partial charge in [0.25, 0.3) is 0 Å². The molecule has 0 radical (unpaired) electrons. The number of aryl methyl sites for hydroxylation is 1. The Hall–Kier alpha value is -6.19. The Bertz CT molecular complexity index is 2980. The fourth-order valence-corrected chi connectivity index (χ4v) is 7.54. The number of aromatic nitrogens is 1. The maximum absolute atomic E-state index is 6.12. The molecule has 3 nitrogen and oxygen atoms in total. The summed E-state index contributed by atoms with van der Waals surface area (Å²) in [5, 5.41) is 10.1. The number of hydrogen-bond acceptors (Lipinski definition) is 2. The second-order valence-corrected chi connectivity index (χ2v) is 12.5. The number of para-hydroxylation sites is 1. The van der Waals surface area contributed by atoms with Gasteiger partial charge in [0.05, 0.1) is 27.4 Å². The standard InChI is InChI=1S/C44H28N2O/c1-26-22-29(28-10-4-3-5-11-28)16-19-38(26)45-43-27(2)46-39-20-17-30(31-18-21-41-35(23-31)34-14-8-9-15-40(34)47-41)24-36(39)42-33-13-7-6-12-32(33)25-37(43)44(42)46/h3-25H,2H2,1H3. The first-order valence-corrected chi connectivity index (χ1v) is 16.0. The first kappa shape index (κ1) is 26.1. The number of benzene rings is 7. The van der Waals surface area contributed by atoms with E-state index in [9.17, 15) is 0 Å². The molecule has 0 unspecified atom stereocenters. The molecular weight excluding hydrogens is 572 g/mol. The van der Waals surface area contributed by atoms with Crippen LogP contribution >= 0.6 is 0 Å². The summed E-state index contributed by atoms with van der Waals surface area (Å²) >= 11 is 0. The maximum atomic E-state index is 6.12. The Kier molecular flexibility index (Phi) is 5.35. The zero-order valence-electron chi connectivity index (χ0n) is 25.8. The molecule has 0 N–H and O–H groups in total. The Morgan fingerprint density at radius 2 is 1.23 bits per heavy atom. The molecule has 0 amide bonds. The average molecular weight is 601 g/mol. The third-order valence-electron chi connectivity index (χ3n) is 9.80. The third kappa shape index (κ3) is 3.77. The van der Waals surface area contributed by atoms with Gasteiger partial charge in [-0.25, -0.2) is 4.99 Å². The molecule has 3 heteroatoms. The highest BCUT2D eigenvalue weighted by Gasteiger charge is 2.20. The van der Waals surface area contributed by atoms with E-state index in [1.165, 1.54) is 49.3 Å². The first-order chi connectivity index (χ1) is 23.1. The average Bonchev–Trinajstić information content (AvgIpc) is 3.75. The minimum Gasteiger partial charge on any atom is -0.456 e. The van der Waals surface area contributed by atoms with Crippen molar-refractivity contribution in [1.29, 1.82) is 0 Å². The van der Waals surface area contributed by atoms with Crippen molar-refractivity contribution in [1.82, 2.24) is 4.40 Å². The molecule has 0 bridgehead atoms. The lowest BCUT2D eigenvalue weighted by Gasteiger charge is -2.06. The quantitative estimate of drug-likeness (QED) is 0.198. The van der Waals surface area contributed by atoms with Crippen molar-refractivity contribution in [3.05, 3.63) is 156 Å². The molecule has 0 spiro atoms. The SMILES string of the molecule is C=c1c(=Nc2ccc(-c3ccccc3)cc2C)c2cc3ccccc3c3c4cc(-c5ccc6oc7ccccc7c6c5)ccc4n1c23. The van der Waals surface area contributed by atoms with E-state index in [0.717, 1.165) is 54.8 Å². The number of fused-ring (bicyclic) bond motifs is 8. The highest BCUT2D eigenvalue weighted by atomic mass is 16.3. The molecule has 7 aromatic carbocycles. The highest BCUT2D eigenvalue weighted by Crippen LogP contribution is 2.39. The summed E-state index contributed by atoms with van der Waals surface area (Å²) in [5.74, 6) is 0. The lowest BCUT2D eigenvalue weighted by atomic mass is 9.98. The van der Waals surface area contributed by atoms with Gasteiger partial charge in [-0.1, -0.05) is 97.6 Å². The van der Waals surface area contributed by atoms with Crippen LogP contribution in [0.25, 0.3) is 88.7 Å². The van der Waals surface area contributed by atoms with Crippen molar-refractivity contribution in [3.63, 3.8) is 0 Å². The lowest BCUT2D eigenvalue weighted by molar-refractivity contribution is 0.669. The van der Waals surface area contributed by atoms with Crippen LogP contribution in [0.1, 0.15) is 5.56 Å². The lowest BCUT2D eigenvalue weighted by Crippen LogP contribution is -2.24. The number of hydrogen-bond donors (Lipinski definition) is 0. The largest absolute Gasteiger partial charge is 0.456 e. The van der Waals surface area contributed by atoms with E-state index in [0.29, 0.717) is 0 Å². The second kappa shape index (κ2) is 9.65. The van der Waals surface area contributed by atoms with E-state index in [-0.39, 0.29) is 0 Å². The zero-order valence-corrected chi connectivity index (χ0v) is 25.8. The summed E-state index contributed by atoms with van der Waals surface area (Å²) in [4.78, 5) is 5.30. The van der Waals surface area contributed by atoms with Gasteiger partial charge in [0, 0.05) is 26.9 Å². The molecule has 0 aliphatic carbocycles. The number of furan rings is 1. The normalized spacial score (nSPS) is 12.6. The molecule has 0 saturated carbocycles. The minimum atomic E-state index is 0.904. The Labute approximate surface area is 270 Å². The van der Waals surface area contributed by atoms with Gasteiger partial charge in [-0.3, -0.25) is 0 Å². The fraction of sp³-hybridized carbons (Fsp3) is 0.0227. The molecule has 0 aliphatic rings. The van der Waals surface area contributed by atoms with Crippen LogP contribution in [-0.4, -0.2) is 4.40 Å². The van der Waals surface area contributed by atoms with E-state index in [1.54, 1.807) is 0 Å². The molecular formula is C44H28N2O. The minimum absolute atomic E-state index is 0.904. The summed E-state index contributed by atoms with van der Waals surface area (Å²) in [7, 11) is 0. The van der Waals surface area contributed by atoms with Gasteiger partial charge in [-0.2, -0.15) is 0 Å². The topological polar surface area (TPSA) is 29.9 Å². The predicted molar refractivity (Wildman–Crippen MR) is 196 cm³/mol.